The zero-order chi connectivity index (χ0) is 47.4. The number of rotatable bonds is 22. The summed E-state index contributed by atoms with van der Waals surface area (Å²) in [5.41, 5.74) is 10.9. The van der Waals surface area contributed by atoms with Crippen LogP contribution in [-0.2, 0) is 45.9 Å². The van der Waals surface area contributed by atoms with E-state index in [1.807, 2.05) is 51.6 Å². The maximum absolute atomic E-state index is 10.1. The van der Waals surface area contributed by atoms with Crippen LogP contribution in [0, 0.1) is 22.7 Å². The van der Waals surface area contributed by atoms with Crippen LogP contribution in [0.1, 0.15) is 114 Å². The lowest BCUT2D eigenvalue weighted by atomic mass is 9.88. The van der Waals surface area contributed by atoms with Crippen molar-refractivity contribution < 1.29 is 19.7 Å². The third-order valence-electron chi connectivity index (χ3n) is 12.5. The van der Waals surface area contributed by atoms with Crippen LogP contribution in [0.3, 0.4) is 0 Å². The normalized spacial score (nSPS) is 11.8. The molecule has 0 aliphatic carbocycles. The number of aliphatic hydroxyl groups is 2. The van der Waals surface area contributed by atoms with Crippen molar-refractivity contribution in [2.75, 3.05) is 0 Å². The number of hydrogen-bond acceptors (Lipinski definition) is 8. The molecule has 0 bridgehead atoms. The molecule has 346 valence electrons. The average Bonchev–Trinajstić information content (AvgIpc) is 3.88. The molecule has 0 aliphatic heterocycles. The Balaban J connectivity index is 0.795. The maximum Gasteiger partial charge on any atom is 0.140 e. The van der Waals surface area contributed by atoms with Gasteiger partial charge in [0.2, 0.25) is 0 Å². The summed E-state index contributed by atoms with van der Waals surface area (Å²) >= 11 is 13.4. The molecule has 0 radical (unpaired) electrons. The van der Waals surface area contributed by atoms with Crippen LogP contribution < -0.4 is 9.47 Å². The Morgan fingerprint density at radius 2 is 1.10 bits per heavy atom. The minimum absolute atomic E-state index is 0.218. The number of unbranched alkanes of at least 4 members (excludes halogenated alkanes) is 3. The number of benzene rings is 6. The third-order valence-corrected chi connectivity index (χ3v) is 13.1. The summed E-state index contributed by atoms with van der Waals surface area (Å²) < 4.78 is 16.4. The molecule has 0 fully saturated rings. The van der Waals surface area contributed by atoms with Gasteiger partial charge in [0.25, 0.3) is 0 Å². The predicted molar refractivity (Wildman–Crippen MR) is 268 cm³/mol. The Morgan fingerprint density at radius 1 is 0.574 bits per heavy atom. The van der Waals surface area contributed by atoms with Gasteiger partial charge in [-0.15, -0.1) is 0 Å². The molecule has 8 rings (SSSR count). The van der Waals surface area contributed by atoms with Gasteiger partial charge >= 0.3 is 0 Å². The molecule has 68 heavy (non-hydrogen) atoms. The van der Waals surface area contributed by atoms with Crippen LogP contribution in [0.4, 0.5) is 0 Å². The lowest BCUT2D eigenvalue weighted by molar-refractivity contribution is 0.266. The minimum Gasteiger partial charge on any atom is -0.487 e. The lowest BCUT2D eigenvalue weighted by Crippen LogP contribution is -2.05. The average molecular weight is 946 g/mol. The Hall–Kier alpha value is -6.66. The number of fused-ring (bicyclic) bond motifs is 2. The quantitative estimate of drug-likeness (QED) is 0.0640. The van der Waals surface area contributed by atoms with E-state index in [1.165, 1.54) is 30.4 Å². The van der Waals surface area contributed by atoms with Crippen LogP contribution in [0.2, 0.25) is 10.0 Å². The van der Waals surface area contributed by atoms with Gasteiger partial charge in [0.15, 0.2) is 0 Å². The van der Waals surface area contributed by atoms with Crippen LogP contribution in [0.25, 0.3) is 22.1 Å². The summed E-state index contributed by atoms with van der Waals surface area (Å²) in [5, 5.41) is 39.5. The molecular formula is C56H54Cl2N6O4. The highest BCUT2D eigenvalue weighted by atomic mass is 35.5. The molecule has 1 atom stereocenters. The van der Waals surface area contributed by atoms with Gasteiger partial charge in [-0.05, 0) is 101 Å². The van der Waals surface area contributed by atoms with Gasteiger partial charge in [-0.2, -0.15) is 10.5 Å². The molecule has 0 spiro atoms. The summed E-state index contributed by atoms with van der Waals surface area (Å²) in [4.78, 5) is 9.28. The van der Waals surface area contributed by atoms with E-state index in [1.54, 1.807) is 30.3 Å². The van der Waals surface area contributed by atoms with Crippen molar-refractivity contribution in [3.63, 3.8) is 0 Å². The maximum atomic E-state index is 10.1. The second kappa shape index (κ2) is 22.9. The molecular weight excluding hydrogens is 892 g/mol. The van der Waals surface area contributed by atoms with E-state index in [9.17, 15) is 15.5 Å². The van der Waals surface area contributed by atoms with Gasteiger partial charge in [0, 0.05) is 25.2 Å². The van der Waals surface area contributed by atoms with E-state index in [4.69, 9.17) is 37.9 Å². The predicted octanol–water partition coefficient (Wildman–Crippen LogP) is 12.8. The van der Waals surface area contributed by atoms with E-state index in [0.717, 1.165) is 65.4 Å². The van der Waals surface area contributed by atoms with Crippen molar-refractivity contribution in [3.05, 3.63) is 188 Å². The summed E-state index contributed by atoms with van der Waals surface area (Å²) in [6.45, 7) is 3.53. The fourth-order valence-electron chi connectivity index (χ4n) is 8.89. The second-order valence-electron chi connectivity index (χ2n) is 17.3. The molecule has 0 saturated carbocycles. The van der Waals surface area contributed by atoms with Crippen molar-refractivity contribution in [1.29, 1.82) is 10.5 Å². The van der Waals surface area contributed by atoms with Gasteiger partial charge in [-0.1, -0.05) is 129 Å². The molecule has 12 heteroatoms. The molecule has 0 aliphatic rings. The lowest BCUT2D eigenvalue weighted by Gasteiger charge is -2.17. The zero-order valence-corrected chi connectivity index (χ0v) is 39.7. The Labute approximate surface area is 407 Å². The number of imidazole rings is 2. The first-order valence-corrected chi connectivity index (χ1v) is 24.0. The van der Waals surface area contributed by atoms with E-state index >= 15 is 0 Å². The number of hydrogen-bond donors (Lipinski definition) is 2. The zero-order valence-electron chi connectivity index (χ0n) is 38.2. The van der Waals surface area contributed by atoms with E-state index in [0.29, 0.717) is 87.6 Å². The van der Waals surface area contributed by atoms with Gasteiger partial charge in [0.1, 0.15) is 49.6 Å². The summed E-state index contributed by atoms with van der Waals surface area (Å²) in [5.74, 6) is 2.66. The number of ether oxygens (including phenoxy) is 2. The van der Waals surface area contributed by atoms with E-state index in [2.05, 4.69) is 77.6 Å². The summed E-state index contributed by atoms with van der Waals surface area (Å²) in [7, 11) is 0. The van der Waals surface area contributed by atoms with Crippen molar-refractivity contribution >= 4 is 45.3 Å². The van der Waals surface area contributed by atoms with Crippen molar-refractivity contribution in [1.82, 2.24) is 19.1 Å². The third kappa shape index (κ3) is 11.7. The molecule has 8 aromatic rings. The topological polar surface area (TPSA) is 142 Å². The molecule has 0 saturated heterocycles. The monoisotopic (exact) mass is 944 g/mol. The Kier molecular flexibility index (Phi) is 16.1. The first-order valence-electron chi connectivity index (χ1n) is 23.2. The number of nitriles is 2. The summed E-state index contributed by atoms with van der Waals surface area (Å²) in [6, 6.07) is 43.8. The van der Waals surface area contributed by atoms with Gasteiger partial charge in [-0.3, -0.25) is 0 Å². The second-order valence-corrected chi connectivity index (χ2v) is 18.1. The van der Waals surface area contributed by atoms with Crippen molar-refractivity contribution in [3.8, 4) is 23.6 Å². The molecule has 2 N–H and O–H groups in total. The van der Waals surface area contributed by atoms with Gasteiger partial charge < -0.3 is 28.8 Å². The molecule has 1 unspecified atom stereocenters. The largest absolute Gasteiger partial charge is 0.487 e. The molecule has 2 aromatic heterocycles. The van der Waals surface area contributed by atoms with Gasteiger partial charge in [-0.25, -0.2) is 9.97 Å². The standard InChI is InChI=1S/C56H54Cl2N6O4/c1-2-8-45(46-23-21-43(22-24-46)36-67-53-28-50-51(27-48(53)58)63(56(35-66)62-50)32-41-17-13-39(30-59)14-18-41)12-6-4-3-5-9-38-10-7-11-44(25-38)37-68-54-29-52-49(26-47(54)57)61-55(34-65)64(52)33-42-19-15-40(31-60)16-20-42/h7,10-11,13-29,45,65-66H,2-6,8-9,12,32-37H2,1H3. The van der Waals surface area contributed by atoms with Crippen LogP contribution >= 0.6 is 23.2 Å². The minimum atomic E-state index is -0.219. The number of nitrogens with zero attached hydrogens (tertiary/aromatic N) is 6. The van der Waals surface area contributed by atoms with E-state index < -0.39 is 0 Å². The van der Waals surface area contributed by atoms with Crippen molar-refractivity contribution in [2.45, 2.75) is 104 Å². The molecule has 2 heterocycles. The van der Waals surface area contributed by atoms with Crippen LogP contribution in [0.5, 0.6) is 11.5 Å². The van der Waals surface area contributed by atoms with Gasteiger partial charge in [0.05, 0.1) is 55.4 Å². The number of halogens is 2. The fraction of sp³-hybridized carbons (Fsp3) is 0.286. The highest BCUT2D eigenvalue weighted by Crippen LogP contribution is 2.34. The molecule has 0 amide bonds. The Morgan fingerprint density at radius 3 is 1.71 bits per heavy atom. The van der Waals surface area contributed by atoms with Crippen LogP contribution in [0.15, 0.2) is 121 Å². The highest BCUT2D eigenvalue weighted by molar-refractivity contribution is 6.33. The summed E-state index contributed by atoms with van der Waals surface area (Å²) in [6.07, 6.45) is 9.11. The number of aryl methyl sites for hydroxylation is 1. The Bertz CT molecular complexity index is 3060. The highest BCUT2D eigenvalue weighted by Gasteiger charge is 2.18. The SMILES string of the molecule is CCCC(CCCCCCc1cccc(COc2cc3c(cc2Cl)nc(CO)n3Cc2ccc(C#N)cc2)c1)c1ccc(COc2cc3nc(CO)n(Cc4ccc(C#N)cc4)c3cc2Cl)cc1. The number of aromatic nitrogens is 4. The number of aliphatic hydroxyl groups excluding tert-OH is 2. The van der Waals surface area contributed by atoms with Crippen molar-refractivity contribution in [2.24, 2.45) is 0 Å². The first-order chi connectivity index (χ1) is 33.2. The first kappa shape index (κ1) is 47.8. The van der Waals surface area contributed by atoms with E-state index in [-0.39, 0.29) is 13.2 Å². The molecule has 6 aromatic carbocycles. The molecule has 10 nitrogen and oxygen atoms in total. The fourth-order valence-corrected chi connectivity index (χ4v) is 9.31. The smallest absolute Gasteiger partial charge is 0.140 e. The van der Waals surface area contributed by atoms with Crippen LogP contribution in [-0.4, -0.2) is 29.3 Å².